The number of rotatable bonds is 9. The number of nitrogens with zero attached hydrogens (tertiary/aromatic N) is 4. The zero-order chi connectivity index (χ0) is 21.5. The van der Waals surface area contributed by atoms with Crippen molar-refractivity contribution >= 4 is 16.9 Å². The van der Waals surface area contributed by atoms with E-state index in [2.05, 4.69) is 14.9 Å². The number of carbonyl (C=O) groups is 1. The molecule has 0 aliphatic heterocycles. The molecule has 31 heavy (non-hydrogen) atoms. The zero-order valence-electron chi connectivity index (χ0n) is 16.9. The van der Waals surface area contributed by atoms with Crippen LogP contribution in [0.4, 0.5) is 0 Å². The Balaban J connectivity index is 1.60. The summed E-state index contributed by atoms with van der Waals surface area (Å²) in [5, 5.41) is 9.83. The summed E-state index contributed by atoms with van der Waals surface area (Å²) in [5.41, 5.74) is 3.43. The summed E-state index contributed by atoms with van der Waals surface area (Å²) in [7, 11) is 0. The van der Waals surface area contributed by atoms with Crippen LogP contribution >= 0.6 is 0 Å². The third-order valence-corrected chi connectivity index (χ3v) is 4.70. The average molecular weight is 414 g/mol. The molecule has 0 saturated heterocycles. The van der Waals surface area contributed by atoms with E-state index >= 15 is 0 Å². The molecule has 1 N–H and O–H groups in total. The van der Waals surface area contributed by atoms with E-state index in [1.165, 1.54) is 0 Å². The van der Waals surface area contributed by atoms with E-state index in [0.29, 0.717) is 30.9 Å². The quantitative estimate of drug-likeness (QED) is 0.447. The molecule has 0 saturated carbocycles. The summed E-state index contributed by atoms with van der Waals surface area (Å²) < 4.78 is 5.44. The SMILES string of the molecule is O=C(O)COc1cccc2ccc(CN(Cc3ccccn3)Cc3ccccn3)nc12. The first kappa shape index (κ1) is 20.4. The summed E-state index contributed by atoms with van der Waals surface area (Å²) in [5.74, 6) is -0.562. The summed E-state index contributed by atoms with van der Waals surface area (Å²) >= 11 is 0. The molecular formula is C24H22N4O3. The molecule has 0 unspecified atom stereocenters. The lowest BCUT2D eigenvalue weighted by Crippen LogP contribution is -2.24. The van der Waals surface area contributed by atoms with E-state index in [9.17, 15) is 4.79 Å². The molecule has 7 nitrogen and oxygen atoms in total. The molecule has 0 fully saturated rings. The van der Waals surface area contributed by atoms with Crippen molar-refractivity contribution in [2.24, 2.45) is 0 Å². The number of fused-ring (bicyclic) bond motifs is 1. The van der Waals surface area contributed by atoms with Gasteiger partial charge in [-0.05, 0) is 36.4 Å². The Hall–Kier alpha value is -3.84. The second-order valence-corrected chi connectivity index (χ2v) is 7.10. The normalized spacial score (nSPS) is 11.0. The fourth-order valence-corrected chi connectivity index (χ4v) is 3.34. The van der Waals surface area contributed by atoms with Crippen LogP contribution in [0.1, 0.15) is 17.1 Å². The van der Waals surface area contributed by atoms with Crippen LogP contribution in [0.5, 0.6) is 5.75 Å². The smallest absolute Gasteiger partial charge is 0.341 e. The Morgan fingerprint density at radius 1 is 0.806 bits per heavy atom. The molecule has 0 aliphatic rings. The van der Waals surface area contributed by atoms with Crippen molar-refractivity contribution in [1.82, 2.24) is 19.9 Å². The molecule has 0 aliphatic carbocycles. The second kappa shape index (κ2) is 9.77. The van der Waals surface area contributed by atoms with Gasteiger partial charge in [-0.15, -0.1) is 0 Å². The maximum absolute atomic E-state index is 10.9. The number of aliphatic carboxylic acids is 1. The maximum Gasteiger partial charge on any atom is 0.341 e. The van der Waals surface area contributed by atoms with Gasteiger partial charge in [0.05, 0.1) is 17.1 Å². The van der Waals surface area contributed by atoms with Crippen molar-refractivity contribution in [3.05, 3.63) is 96.2 Å². The number of benzene rings is 1. The lowest BCUT2D eigenvalue weighted by Gasteiger charge is -2.21. The standard InChI is InChI=1S/C24H22N4O3/c29-23(30)17-31-22-9-5-6-18-10-11-21(27-24(18)22)16-28(14-19-7-1-3-12-25-19)15-20-8-2-4-13-26-20/h1-13H,14-17H2,(H,29,30). The van der Waals surface area contributed by atoms with Crippen molar-refractivity contribution < 1.29 is 14.6 Å². The van der Waals surface area contributed by atoms with Crippen LogP contribution in [0.2, 0.25) is 0 Å². The molecular weight excluding hydrogens is 392 g/mol. The third-order valence-electron chi connectivity index (χ3n) is 4.70. The summed E-state index contributed by atoms with van der Waals surface area (Å²) in [6.45, 7) is 1.47. The van der Waals surface area contributed by atoms with E-state index in [-0.39, 0.29) is 0 Å². The number of ether oxygens (including phenoxy) is 1. The predicted octanol–water partition coefficient (Wildman–Crippen LogP) is 3.69. The van der Waals surface area contributed by atoms with Crippen LogP contribution in [0.15, 0.2) is 79.1 Å². The van der Waals surface area contributed by atoms with Crippen LogP contribution in [0.3, 0.4) is 0 Å². The van der Waals surface area contributed by atoms with Gasteiger partial charge in [0.2, 0.25) is 0 Å². The fourth-order valence-electron chi connectivity index (χ4n) is 3.34. The van der Waals surface area contributed by atoms with Crippen molar-refractivity contribution in [1.29, 1.82) is 0 Å². The summed E-state index contributed by atoms with van der Waals surface area (Å²) in [6.07, 6.45) is 3.57. The molecule has 0 atom stereocenters. The molecule has 4 rings (SSSR count). The highest BCUT2D eigenvalue weighted by Crippen LogP contribution is 2.24. The van der Waals surface area contributed by atoms with E-state index in [0.717, 1.165) is 22.5 Å². The predicted molar refractivity (Wildman–Crippen MR) is 116 cm³/mol. The number of carboxylic acid groups (broad SMARTS) is 1. The van der Waals surface area contributed by atoms with Crippen LogP contribution in [0.25, 0.3) is 10.9 Å². The third kappa shape index (κ3) is 5.61. The van der Waals surface area contributed by atoms with E-state index < -0.39 is 12.6 Å². The van der Waals surface area contributed by atoms with E-state index in [1.807, 2.05) is 60.7 Å². The first-order valence-corrected chi connectivity index (χ1v) is 9.93. The van der Waals surface area contributed by atoms with Crippen LogP contribution in [0, 0.1) is 0 Å². The Bertz CT molecular complexity index is 1110. The van der Waals surface area contributed by atoms with Gasteiger partial charge in [-0.25, -0.2) is 9.78 Å². The van der Waals surface area contributed by atoms with Crippen LogP contribution in [-0.4, -0.2) is 37.5 Å². The Kier molecular flexibility index (Phi) is 6.44. The van der Waals surface area contributed by atoms with Gasteiger partial charge in [-0.3, -0.25) is 14.9 Å². The minimum absolute atomic E-state index is 0.406. The first-order chi connectivity index (χ1) is 15.2. The minimum Gasteiger partial charge on any atom is -0.480 e. The van der Waals surface area contributed by atoms with Gasteiger partial charge >= 0.3 is 5.97 Å². The molecule has 7 heteroatoms. The van der Waals surface area contributed by atoms with Gasteiger partial charge < -0.3 is 9.84 Å². The molecule has 4 aromatic rings. The van der Waals surface area contributed by atoms with Crippen LogP contribution in [-0.2, 0) is 24.4 Å². The molecule has 156 valence electrons. The molecule has 0 bridgehead atoms. The highest BCUT2D eigenvalue weighted by atomic mass is 16.5. The maximum atomic E-state index is 10.9. The molecule has 1 aromatic carbocycles. The summed E-state index contributed by atoms with van der Waals surface area (Å²) in [6, 6.07) is 21.2. The number of pyridine rings is 3. The second-order valence-electron chi connectivity index (χ2n) is 7.10. The van der Waals surface area contributed by atoms with Gasteiger partial charge in [-0.2, -0.15) is 0 Å². The number of para-hydroxylation sites is 1. The van der Waals surface area contributed by atoms with Gasteiger partial charge in [-0.1, -0.05) is 30.3 Å². The monoisotopic (exact) mass is 414 g/mol. The Morgan fingerprint density at radius 2 is 1.48 bits per heavy atom. The van der Waals surface area contributed by atoms with Crippen molar-refractivity contribution in [2.75, 3.05) is 6.61 Å². The molecule has 0 radical (unpaired) electrons. The average Bonchev–Trinajstić information content (AvgIpc) is 2.79. The van der Waals surface area contributed by atoms with E-state index in [4.69, 9.17) is 14.8 Å². The van der Waals surface area contributed by atoms with Crippen molar-refractivity contribution in [2.45, 2.75) is 19.6 Å². The van der Waals surface area contributed by atoms with Crippen molar-refractivity contribution in [3.8, 4) is 5.75 Å². The highest BCUT2D eigenvalue weighted by Gasteiger charge is 2.13. The summed E-state index contributed by atoms with van der Waals surface area (Å²) in [4.78, 5) is 26.8. The minimum atomic E-state index is -1.02. The van der Waals surface area contributed by atoms with Gasteiger partial charge in [0, 0.05) is 37.4 Å². The zero-order valence-corrected chi connectivity index (χ0v) is 16.9. The largest absolute Gasteiger partial charge is 0.480 e. The van der Waals surface area contributed by atoms with Gasteiger partial charge in [0.1, 0.15) is 11.3 Å². The lowest BCUT2D eigenvalue weighted by atomic mass is 10.1. The van der Waals surface area contributed by atoms with Crippen LogP contribution < -0.4 is 4.74 Å². The van der Waals surface area contributed by atoms with Gasteiger partial charge in [0.25, 0.3) is 0 Å². The van der Waals surface area contributed by atoms with Gasteiger partial charge in [0.15, 0.2) is 6.61 Å². The Morgan fingerprint density at radius 3 is 2.10 bits per heavy atom. The topological polar surface area (TPSA) is 88.4 Å². The fraction of sp³-hybridized carbons (Fsp3) is 0.167. The molecule has 3 aromatic heterocycles. The lowest BCUT2D eigenvalue weighted by molar-refractivity contribution is -0.139. The molecule has 3 heterocycles. The molecule has 0 spiro atoms. The number of hydrogen-bond acceptors (Lipinski definition) is 6. The number of aromatic nitrogens is 3. The molecule has 0 amide bonds. The Labute approximate surface area is 180 Å². The highest BCUT2D eigenvalue weighted by molar-refractivity contribution is 5.85. The van der Waals surface area contributed by atoms with E-state index in [1.54, 1.807) is 18.5 Å². The number of carboxylic acids is 1. The first-order valence-electron chi connectivity index (χ1n) is 9.93. The van der Waals surface area contributed by atoms with Crippen molar-refractivity contribution in [3.63, 3.8) is 0 Å². The number of hydrogen-bond donors (Lipinski definition) is 1.